The van der Waals surface area contributed by atoms with Gasteiger partial charge in [-0.15, -0.1) is 0 Å². The first-order valence-electron chi connectivity index (χ1n) is 7.52. The maximum absolute atomic E-state index is 12.5. The Morgan fingerprint density at radius 2 is 2.00 bits per heavy atom. The van der Waals surface area contributed by atoms with Gasteiger partial charge in [-0.2, -0.15) is 5.10 Å². The Hall–Kier alpha value is -3.11. The zero-order valence-corrected chi connectivity index (χ0v) is 15.5. The molecule has 1 aromatic carbocycles. The van der Waals surface area contributed by atoms with Crippen LogP contribution in [0.5, 0.6) is 0 Å². The molecule has 2 heterocycles. The van der Waals surface area contributed by atoms with Crippen LogP contribution in [-0.4, -0.2) is 34.3 Å². The molecule has 0 unspecified atom stereocenters. The predicted molar refractivity (Wildman–Crippen MR) is 99.9 cm³/mol. The van der Waals surface area contributed by atoms with Crippen molar-refractivity contribution in [3.63, 3.8) is 0 Å². The fourth-order valence-electron chi connectivity index (χ4n) is 2.23. The monoisotopic (exact) mass is 407 g/mol. The fourth-order valence-corrected chi connectivity index (χ4v) is 3.43. The average molecular weight is 408 g/mol. The highest BCUT2D eigenvalue weighted by atomic mass is 35.5. The molecule has 27 heavy (non-hydrogen) atoms. The molecule has 0 atom stereocenters. The largest absolute Gasteiger partial charge is 0.478 e. The minimum atomic E-state index is -4.03. The van der Waals surface area contributed by atoms with E-state index < -0.39 is 16.0 Å². The van der Waals surface area contributed by atoms with Crippen molar-refractivity contribution in [1.29, 1.82) is 0 Å². The van der Waals surface area contributed by atoms with Crippen molar-refractivity contribution < 1.29 is 18.3 Å². The number of carboxylic acids is 1. The summed E-state index contributed by atoms with van der Waals surface area (Å²) in [6, 6.07) is 6.69. The number of anilines is 3. The first-order chi connectivity index (χ1) is 12.7. The van der Waals surface area contributed by atoms with Gasteiger partial charge in [0.1, 0.15) is 10.7 Å². The van der Waals surface area contributed by atoms with Crippen molar-refractivity contribution in [3.8, 4) is 0 Å². The Balaban J connectivity index is 1.82. The number of hydrogen-bond acceptors (Lipinski definition) is 6. The van der Waals surface area contributed by atoms with E-state index >= 15 is 0 Å². The Kier molecular flexibility index (Phi) is 5.02. The summed E-state index contributed by atoms with van der Waals surface area (Å²) in [6.45, 7) is 0. The summed E-state index contributed by atoms with van der Waals surface area (Å²) in [5, 5.41) is 16.4. The maximum Gasteiger partial charge on any atom is 0.337 e. The van der Waals surface area contributed by atoms with Crippen LogP contribution < -0.4 is 10.0 Å². The summed E-state index contributed by atoms with van der Waals surface area (Å²) in [5.41, 5.74) is 0.351. The van der Waals surface area contributed by atoms with Gasteiger partial charge < -0.3 is 10.4 Å². The van der Waals surface area contributed by atoms with Crippen molar-refractivity contribution in [1.82, 2.24) is 14.8 Å². The van der Waals surface area contributed by atoms with Gasteiger partial charge in [0.25, 0.3) is 10.0 Å². The summed E-state index contributed by atoms with van der Waals surface area (Å²) < 4.78 is 28.9. The molecule has 3 rings (SSSR count). The summed E-state index contributed by atoms with van der Waals surface area (Å²) >= 11 is 5.77. The lowest BCUT2D eigenvalue weighted by Crippen LogP contribution is -2.16. The number of aryl methyl sites for hydroxylation is 1. The molecule has 9 nitrogen and oxygen atoms in total. The van der Waals surface area contributed by atoms with Crippen molar-refractivity contribution >= 4 is 44.8 Å². The molecule has 3 N–H and O–H groups in total. The number of rotatable bonds is 6. The summed E-state index contributed by atoms with van der Waals surface area (Å²) in [5.74, 6) is -0.871. The van der Waals surface area contributed by atoms with Gasteiger partial charge in [-0.3, -0.25) is 9.40 Å². The Labute approximate surface area is 159 Å². The van der Waals surface area contributed by atoms with E-state index in [1.54, 1.807) is 24.1 Å². The maximum atomic E-state index is 12.5. The second-order valence-electron chi connectivity index (χ2n) is 5.51. The highest BCUT2D eigenvalue weighted by Gasteiger charge is 2.19. The lowest BCUT2D eigenvalue weighted by Gasteiger charge is -2.11. The molecule has 11 heteroatoms. The lowest BCUT2D eigenvalue weighted by molar-refractivity contribution is 0.0698. The molecular formula is C16H14ClN5O4S. The number of sulfonamides is 1. The van der Waals surface area contributed by atoms with Gasteiger partial charge in [0, 0.05) is 24.5 Å². The van der Waals surface area contributed by atoms with E-state index in [0.717, 1.165) is 6.20 Å². The second kappa shape index (κ2) is 7.25. The molecule has 0 amide bonds. The van der Waals surface area contributed by atoms with Crippen molar-refractivity contribution in [2.24, 2.45) is 7.05 Å². The highest BCUT2D eigenvalue weighted by Crippen LogP contribution is 2.24. The number of aromatic carboxylic acids is 1. The van der Waals surface area contributed by atoms with E-state index in [1.807, 2.05) is 0 Å². The normalized spacial score (nSPS) is 11.2. The number of nitrogens with zero attached hydrogens (tertiary/aromatic N) is 3. The van der Waals surface area contributed by atoms with Gasteiger partial charge in [0.15, 0.2) is 0 Å². The third kappa shape index (κ3) is 4.36. The number of hydrogen-bond donors (Lipinski definition) is 3. The molecule has 2 aromatic heterocycles. The molecule has 0 aliphatic heterocycles. The van der Waals surface area contributed by atoms with Gasteiger partial charge in [0.2, 0.25) is 0 Å². The molecule has 0 aliphatic rings. The van der Waals surface area contributed by atoms with Crippen LogP contribution in [0.25, 0.3) is 0 Å². The fraction of sp³-hybridized carbons (Fsp3) is 0.0625. The Morgan fingerprint density at radius 1 is 1.22 bits per heavy atom. The van der Waals surface area contributed by atoms with Gasteiger partial charge in [-0.1, -0.05) is 11.6 Å². The minimum Gasteiger partial charge on any atom is -0.478 e. The number of carbonyl (C=O) groups is 1. The van der Waals surface area contributed by atoms with E-state index in [1.165, 1.54) is 30.3 Å². The first-order valence-corrected chi connectivity index (χ1v) is 9.38. The average Bonchev–Trinajstić information content (AvgIpc) is 3.01. The van der Waals surface area contributed by atoms with E-state index in [0.29, 0.717) is 11.5 Å². The van der Waals surface area contributed by atoms with E-state index in [2.05, 4.69) is 20.1 Å². The molecule has 140 valence electrons. The Morgan fingerprint density at radius 3 is 2.59 bits per heavy atom. The SMILES string of the molecule is Cn1cc(Nc2ccc(S(=O)(=O)Nc3ccc(Cl)cc3C(=O)O)cn2)cn1. The first kappa shape index (κ1) is 18.7. The van der Waals surface area contributed by atoms with Crippen molar-refractivity contribution in [2.75, 3.05) is 10.0 Å². The highest BCUT2D eigenvalue weighted by molar-refractivity contribution is 7.92. The molecule has 0 fully saturated rings. The molecule has 0 bridgehead atoms. The van der Waals surface area contributed by atoms with Crippen LogP contribution in [0.1, 0.15) is 10.4 Å². The Bertz CT molecular complexity index is 1100. The van der Waals surface area contributed by atoms with E-state index in [-0.39, 0.29) is 21.2 Å². The summed E-state index contributed by atoms with van der Waals surface area (Å²) in [6.07, 6.45) is 4.50. The smallest absolute Gasteiger partial charge is 0.337 e. The number of halogens is 1. The zero-order chi connectivity index (χ0) is 19.6. The summed E-state index contributed by atoms with van der Waals surface area (Å²) in [4.78, 5) is 15.2. The lowest BCUT2D eigenvalue weighted by atomic mass is 10.2. The van der Waals surface area contributed by atoms with Crippen LogP contribution in [0.15, 0.2) is 53.8 Å². The van der Waals surface area contributed by atoms with Crippen LogP contribution in [0.4, 0.5) is 17.2 Å². The standard InChI is InChI=1S/C16H14ClN5O4S/c1-22-9-11(7-19-22)20-15-5-3-12(8-18-15)27(25,26)21-14-4-2-10(17)6-13(14)16(23)24/h2-9,21H,1H3,(H,18,20)(H,23,24). The minimum absolute atomic E-state index is 0.0931. The van der Waals surface area contributed by atoms with E-state index in [9.17, 15) is 18.3 Å². The van der Waals surface area contributed by atoms with Crippen LogP contribution >= 0.6 is 11.6 Å². The van der Waals surface area contributed by atoms with Crippen LogP contribution in [0.3, 0.4) is 0 Å². The number of nitrogens with one attached hydrogen (secondary N) is 2. The van der Waals surface area contributed by atoms with Gasteiger partial charge in [-0.05, 0) is 30.3 Å². The third-order valence-electron chi connectivity index (χ3n) is 3.48. The quantitative estimate of drug-likeness (QED) is 0.573. The summed E-state index contributed by atoms with van der Waals surface area (Å²) in [7, 11) is -2.26. The molecule has 0 saturated carbocycles. The zero-order valence-electron chi connectivity index (χ0n) is 13.9. The van der Waals surface area contributed by atoms with Crippen molar-refractivity contribution in [2.45, 2.75) is 4.90 Å². The van der Waals surface area contributed by atoms with E-state index in [4.69, 9.17) is 11.6 Å². The van der Waals surface area contributed by atoms with Gasteiger partial charge >= 0.3 is 5.97 Å². The van der Waals surface area contributed by atoms with Gasteiger partial charge in [0.05, 0.1) is 23.1 Å². The molecular weight excluding hydrogens is 394 g/mol. The number of benzene rings is 1. The van der Waals surface area contributed by atoms with Crippen molar-refractivity contribution in [3.05, 3.63) is 59.5 Å². The third-order valence-corrected chi connectivity index (χ3v) is 5.07. The molecule has 3 aromatic rings. The molecule has 0 saturated heterocycles. The number of aromatic nitrogens is 3. The molecule has 0 radical (unpaired) electrons. The molecule has 0 aliphatic carbocycles. The second-order valence-corrected chi connectivity index (χ2v) is 7.63. The van der Waals surface area contributed by atoms with Crippen LogP contribution in [-0.2, 0) is 17.1 Å². The topological polar surface area (TPSA) is 126 Å². The number of pyridine rings is 1. The molecule has 0 spiro atoms. The van der Waals surface area contributed by atoms with Crippen LogP contribution in [0.2, 0.25) is 5.02 Å². The number of carboxylic acid groups (broad SMARTS) is 1. The predicted octanol–water partition coefficient (Wildman–Crippen LogP) is 2.71. The van der Waals surface area contributed by atoms with Gasteiger partial charge in [-0.25, -0.2) is 18.2 Å². The van der Waals surface area contributed by atoms with Crippen LogP contribution in [0, 0.1) is 0 Å².